The molecule has 1 N–H and O–H groups in total. The summed E-state index contributed by atoms with van der Waals surface area (Å²) >= 11 is 1.74. The van der Waals surface area contributed by atoms with Crippen molar-refractivity contribution >= 4 is 27.4 Å². The smallest absolute Gasteiger partial charge is 0.147 e. The van der Waals surface area contributed by atoms with Crippen LogP contribution in [0.2, 0.25) is 0 Å². The first-order chi connectivity index (χ1) is 8.55. The van der Waals surface area contributed by atoms with Crippen LogP contribution in [0, 0.1) is 12.3 Å². The number of thiophene rings is 1. The third kappa shape index (κ3) is 2.09. The maximum Gasteiger partial charge on any atom is 0.147 e. The minimum Gasteiger partial charge on any atom is -0.366 e. The number of nitrogens with zero attached hydrogens (tertiary/aromatic N) is 2. The lowest BCUT2D eigenvalue weighted by atomic mass is 9.92. The zero-order chi connectivity index (χ0) is 12.8. The molecule has 1 saturated carbocycles. The van der Waals surface area contributed by atoms with Gasteiger partial charge in [-0.15, -0.1) is 11.3 Å². The molecule has 96 valence electrons. The Kier molecular flexibility index (Phi) is 2.77. The van der Waals surface area contributed by atoms with Crippen molar-refractivity contribution in [3.63, 3.8) is 0 Å². The van der Waals surface area contributed by atoms with E-state index in [0.717, 1.165) is 11.3 Å². The molecule has 2 aromatic heterocycles. The summed E-state index contributed by atoms with van der Waals surface area (Å²) in [5, 5.41) is 5.77. The Hall–Kier alpha value is -1.16. The van der Waals surface area contributed by atoms with Gasteiger partial charge in [0.05, 0.1) is 10.2 Å². The van der Waals surface area contributed by atoms with Crippen LogP contribution in [0.5, 0.6) is 0 Å². The van der Waals surface area contributed by atoms with Gasteiger partial charge in [-0.05, 0) is 42.5 Å². The average molecular weight is 261 g/mol. The number of anilines is 1. The number of aromatic nitrogens is 2. The first-order valence-electron chi connectivity index (χ1n) is 6.50. The standard InChI is InChI=1S/C14H19N3S/c1-9-7-18-12-11(9)15-8-16-13(12)17-10-4-5-14(2,3)6-10/h7-8,10H,4-6H2,1-3H3,(H,15,16,17). The molecule has 0 aliphatic heterocycles. The summed E-state index contributed by atoms with van der Waals surface area (Å²) in [6, 6.07) is 0.556. The molecule has 1 aliphatic carbocycles. The summed E-state index contributed by atoms with van der Waals surface area (Å²) in [5.41, 5.74) is 2.80. The fraction of sp³-hybridized carbons (Fsp3) is 0.571. The van der Waals surface area contributed by atoms with Gasteiger partial charge in [0, 0.05) is 6.04 Å². The van der Waals surface area contributed by atoms with E-state index in [1.54, 1.807) is 17.7 Å². The molecular formula is C14H19N3S. The average Bonchev–Trinajstić information content (AvgIpc) is 2.84. The maximum atomic E-state index is 4.42. The van der Waals surface area contributed by atoms with Gasteiger partial charge in [0.1, 0.15) is 12.1 Å². The molecule has 1 unspecified atom stereocenters. The molecule has 2 aromatic rings. The van der Waals surface area contributed by atoms with Crippen LogP contribution in [0.4, 0.5) is 5.82 Å². The SMILES string of the molecule is Cc1csc2c(NC3CCC(C)(C)C3)ncnc12. The normalized spacial score (nSPS) is 22.5. The lowest BCUT2D eigenvalue weighted by molar-refractivity contribution is 0.378. The second kappa shape index (κ2) is 4.19. The van der Waals surface area contributed by atoms with E-state index in [1.807, 2.05) is 0 Å². The Balaban J connectivity index is 1.87. The van der Waals surface area contributed by atoms with Crippen LogP contribution in [0.15, 0.2) is 11.7 Å². The van der Waals surface area contributed by atoms with Crippen molar-refractivity contribution in [1.29, 1.82) is 0 Å². The van der Waals surface area contributed by atoms with E-state index in [2.05, 4.69) is 41.4 Å². The zero-order valence-corrected chi connectivity index (χ0v) is 12.0. The summed E-state index contributed by atoms with van der Waals surface area (Å²) < 4.78 is 1.19. The Morgan fingerprint density at radius 3 is 2.94 bits per heavy atom. The monoisotopic (exact) mass is 261 g/mol. The molecule has 18 heavy (non-hydrogen) atoms. The number of aryl methyl sites for hydroxylation is 1. The molecule has 3 nitrogen and oxygen atoms in total. The van der Waals surface area contributed by atoms with Crippen LogP contribution in [0.3, 0.4) is 0 Å². The first kappa shape index (κ1) is 11.9. The summed E-state index contributed by atoms with van der Waals surface area (Å²) in [6.45, 7) is 6.80. The molecule has 4 heteroatoms. The number of nitrogens with one attached hydrogen (secondary N) is 1. The van der Waals surface area contributed by atoms with Crippen LogP contribution in [-0.2, 0) is 0 Å². The lowest BCUT2D eigenvalue weighted by Crippen LogP contribution is -2.18. The summed E-state index contributed by atoms with van der Waals surface area (Å²) in [6.07, 6.45) is 5.43. The molecule has 1 atom stereocenters. The fourth-order valence-electron chi connectivity index (χ4n) is 2.82. The largest absolute Gasteiger partial charge is 0.366 e. The fourth-order valence-corrected chi connectivity index (χ4v) is 3.78. The van der Waals surface area contributed by atoms with Crippen molar-refractivity contribution in [2.24, 2.45) is 5.41 Å². The highest BCUT2D eigenvalue weighted by Crippen LogP contribution is 2.39. The number of rotatable bonds is 2. The van der Waals surface area contributed by atoms with E-state index in [1.165, 1.54) is 29.5 Å². The molecule has 0 radical (unpaired) electrons. The van der Waals surface area contributed by atoms with Gasteiger partial charge in [-0.2, -0.15) is 0 Å². The van der Waals surface area contributed by atoms with Gasteiger partial charge >= 0.3 is 0 Å². The van der Waals surface area contributed by atoms with Gasteiger partial charge in [0.25, 0.3) is 0 Å². The summed E-state index contributed by atoms with van der Waals surface area (Å²) in [7, 11) is 0. The van der Waals surface area contributed by atoms with E-state index in [-0.39, 0.29) is 0 Å². The molecule has 0 saturated heterocycles. The quantitative estimate of drug-likeness (QED) is 0.888. The lowest BCUT2D eigenvalue weighted by Gasteiger charge is -2.18. The highest BCUT2D eigenvalue weighted by atomic mass is 32.1. The highest BCUT2D eigenvalue weighted by Gasteiger charge is 2.31. The van der Waals surface area contributed by atoms with E-state index < -0.39 is 0 Å². The second-order valence-corrected chi connectivity index (χ2v) is 6.95. The molecule has 0 amide bonds. The Morgan fingerprint density at radius 2 is 2.22 bits per heavy atom. The van der Waals surface area contributed by atoms with Crippen molar-refractivity contribution < 1.29 is 0 Å². The summed E-state index contributed by atoms with van der Waals surface area (Å²) in [5.74, 6) is 1.01. The van der Waals surface area contributed by atoms with Crippen molar-refractivity contribution in [2.45, 2.75) is 46.1 Å². The third-order valence-corrected chi connectivity index (χ3v) is 4.93. The molecule has 0 aromatic carbocycles. The zero-order valence-electron chi connectivity index (χ0n) is 11.2. The van der Waals surface area contributed by atoms with Gasteiger partial charge < -0.3 is 5.32 Å². The predicted molar refractivity (Wildman–Crippen MR) is 77.2 cm³/mol. The third-order valence-electron chi connectivity index (χ3n) is 3.84. The Morgan fingerprint density at radius 1 is 1.39 bits per heavy atom. The van der Waals surface area contributed by atoms with Gasteiger partial charge in [-0.25, -0.2) is 9.97 Å². The highest BCUT2D eigenvalue weighted by molar-refractivity contribution is 7.18. The van der Waals surface area contributed by atoms with Crippen molar-refractivity contribution in [3.05, 3.63) is 17.3 Å². The van der Waals surface area contributed by atoms with Crippen molar-refractivity contribution in [3.8, 4) is 0 Å². The molecule has 0 bridgehead atoms. The predicted octanol–water partition coefficient (Wildman–Crippen LogP) is 3.99. The van der Waals surface area contributed by atoms with Gasteiger partial charge in [-0.1, -0.05) is 13.8 Å². The van der Waals surface area contributed by atoms with Gasteiger partial charge in [0.15, 0.2) is 0 Å². The van der Waals surface area contributed by atoms with E-state index in [0.29, 0.717) is 11.5 Å². The minimum atomic E-state index is 0.467. The second-order valence-electron chi connectivity index (χ2n) is 6.07. The van der Waals surface area contributed by atoms with E-state index in [4.69, 9.17) is 0 Å². The van der Waals surface area contributed by atoms with Crippen molar-refractivity contribution in [2.75, 3.05) is 5.32 Å². The van der Waals surface area contributed by atoms with Crippen LogP contribution >= 0.6 is 11.3 Å². The topological polar surface area (TPSA) is 37.8 Å². The van der Waals surface area contributed by atoms with Crippen LogP contribution in [0.25, 0.3) is 10.2 Å². The van der Waals surface area contributed by atoms with Crippen LogP contribution < -0.4 is 5.32 Å². The minimum absolute atomic E-state index is 0.467. The molecule has 3 rings (SSSR count). The summed E-state index contributed by atoms with van der Waals surface area (Å²) in [4.78, 5) is 8.78. The molecule has 0 spiro atoms. The van der Waals surface area contributed by atoms with Gasteiger partial charge in [-0.3, -0.25) is 0 Å². The number of fused-ring (bicyclic) bond motifs is 1. The Bertz CT molecular complexity index is 573. The van der Waals surface area contributed by atoms with Crippen LogP contribution in [-0.4, -0.2) is 16.0 Å². The molecule has 1 fully saturated rings. The van der Waals surface area contributed by atoms with Gasteiger partial charge in [0.2, 0.25) is 0 Å². The first-order valence-corrected chi connectivity index (χ1v) is 7.38. The van der Waals surface area contributed by atoms with Crippen molar-refractivity contribution in [1.82, 2.24) is 9.97 Å². The molecule has 2 heterocycles. The number of hydrogen-bond acceptors (Lipinski definition) is 4. The van der Waals surface area contributed by atoms with E-state index in [9.17, 15) is 0 Å². The van der Waals surface area contributed by atoms with Crippen LogP contribution in [0.1, 0.15) is 38.7 Å². The molecule has 1 aliphatic rings. The Labute approximate surface area is 112 Å². The maximum absolute atomic E-state index is 4.42. The molecular weight excluding hydrogens is 242 g/mol. The number of hydrogen-bond donors (Lipinski definition) is 1. The van der Waals surface area contributed by atoms with E-state index >= 15 is 0 Å².